The highest BCUT2D eigenvalue weighted by molar-refractivity contribution is 6.03. The van der Waals surface area contributed by atoms with Crippen LogP contribution in [0.25, 0.3) is 27.7 Å². The molecule has 0 aliphatic carbocycles. The predicted octanol–water partition coefficient (Wildman–Crippen LogP) is 2.17. The minimum atomic E-state index is -1.00. The molecule has 114 valence electrons. The lowest BCUT2D eigenvalue weighted by Gasteiger charge is -2.09. The van der Waals surface area contributed by atoms with Crippen LogP contribution in [0.2, 0.25) is 0 Å². The largest absolute Gasteiger partial charge is 0.478 e. The molecule has 3 N–H and O–H groups in total. The number of nitrogens with zero attached hydrogens (tertiary/aromatic N) is 4. The molecule has 1 aromatic carbocycles. The summed E-state index contributed by atoms with van der Waals surface area (Å²) in [7, 11) is 1.81. The smallest absolute Gasteiger partial charge is 0.335 e. The van der Waals surface area contributed by atoms with Crippen LogP contribution in [0.5, 0.6) is 0 Å². The van der Waals surface area contributed by atoms with E-state index in [0.717, 1.165) is 22.2 Å². The van der Waals surface area contributed by atoms with E-state index in [-0.39, 0.29) is 5.56 Å². The molecule has 3 aromatic heterocycles. The van der Waals surface area contributed by atoms with Crippen molar-refractivity contribution in [3.05, 3.63) is 48.3 Å². The number of nitrogens with two attached hydrogens (primary N) is 1. The van der Waals surface area contributed by atoms with Gasteiger partial charge in [0.05, 0.1) is 22.1 Å². The average molecular weight is 307 g/mol. The number of carbonyl (C=O) groups is 1. The van der Waals surface area contributed by atoms with Gasteiger partial charge < -0.3 is 15.4 Å². The zero-order valence-electron chi connectivity index (χ0n) is 12.3. The van der Waals surface area contributed by atoms with E-state index in [1.54, 1.807) is 21.3 Å². The summed E-state index contributed by atoms with van der Waals surface area (Å²) in [4.78, 5) is 15.7. The molecule has 7 nitrogen and oxygen atoms in total. The molecule has 0 amide bonds. The Labute approximate surface area is 130 Å². The number of benzene rings is 1. The standard InChI is InChI=1S/C16H13N5O2/c1-20-14-11(10-3-2-6-21-13(10)4-5-18-21)7-9(15(22)23)8-12(14)19-16(20)17/h2-8H,1H3,(H2,17,19)(H,22,23). The number of rotatable bonds is 2. The van der Waals surface area contributed by atoms with Crippen LogP contribution in [0.3, 0.4) is 0 Å². The highest BCUT2D eigenvalue weighted by Gasteiger charge is 2.17. The van der Waals surface area contributed by atoms with E-state index in [4.69, 9.17) is 5.73 Å². The Morgan fingerprint density at radius 2 is 2.09 bits per heavy atom. The summed E-state index contributed by atoms with van der Waals surface area (Å²) >= 11 is 0. The number of carboxylic acid groups (broad SMARTS) is 1. The summed E-state index contributed by atoms with van der Waals surface area (Å²) < 4.78 is 3.50. The van der Waals surface area contributed by atoms with E-state index in [0.29, 0.717) is 11.5 Å². The summed E-state index contributed by atoms with van der Waals surface area (Å²) in [6.45, 7) is 0. The number of nitrogen functional groups attached to an aromatic ring is 1. The average Bonchev–Trinajstić information content (AvgIpc) is 3.11. The molecule has 0 unspecified atom stereocenters. The first-order valence-electron chi connectivity index (χ1n) is 6.98. The fourth-order valence-electron chi connectivity index (χ4n) is 2.88. The van der Waals surface area contributed by atoms with Crippen molar-refractivity contribution in [1.29, 1.82) is 0 Å². The number of imidazole rings is 1. The normalized spacial score (nSPS) is 11.3. The lowest BCUT2D eigenvalue weighted by atomic mass is 10.0. The number of aryl methyl sites for hydroxylation is 1. The second kappa shape index (κ2) is 4.57. The first-order chi connectivity index (χ1) is 11.1. The molecule has 0 aliphatic heterocycles. The van der Waals surface area contributed by atoms with Crippen molar-refractivity contribution in [3.8, 4) is 11.1 Å². The molecule has 0 saturated heterocycles. The van der Waals surface area contributed by atoms with E-state index in [9.17, 15) is 9.90 Å². The van der Waals surface area contributed by atoms with Crippen LogP contribution < -0.4 is 5.73 Å². The molecule has 0 atom stereocenters. The van der Waals surface area contributed by atoms with Gasteiger partial charge in [0.2, 0.25) is 5.95 Å². The Balaban J connectivity index is 2.17. The van der Waals surface area contributed by atoms with Crippen LogP contribution in [0, 0.1) is 0 Å². The Morgan fingerprint density at radius 1 is 1.26 bits per heavy atom. The highest BCUT2D eigenvalue weighted by Crippen LogP contribution is 2.33. The zero-order chi connectivity index (χ0) is 16.1. The Hall–Kier alpha value is -3.35. The molecule has 0 spiro atoms. The second-order valence-electron chi connectivity index (χ2n) is 5.31. The van der Waals surface area contributed by atoms with Crippen molar-refractivity contribution >= 4 is 28.5 Å². The molecular formula is C16H13N5O2. The number of carboxylic acids is 1. The van der Waals surface area contributed by atoms with Gasteiger partial charge >= 0.3 is 5.97 Å². The summed E-state index contributed by atoms with van der Waals surface area (Å²) in [5.41, 5.74) is 9.95. The molecule has 0 bridgehead atoms. The van der Waals surface area contributed by atoms with Crippen molar-refractivity contribution in [1.82, 2.24) is 19.2 Å². The van der Waals surface area contributed by atoms with Gasteiger partial charge in [0, 0.05) is 30.6 Å². The van der Waals surface area contributed by atoms with Gasteiger partial charge in [-0.15, -0.1) is 0 Å². The van der Waals surface area contributed by atoms with Crippen LogP contribution in [-0.4, -0.2) is 30.2 Å². The molecule has 3 heterocycles. The van der Waals surface area contributed by atoms with Crippen LogP contribution in [0.1, 0.15) is 10.4 Å². The zero-order valence-corrected chi connectivity index (χ0v) is 12.3. The van der Waals surface area contributed by atoms with Crippen molar-refractivity contribution in [2.75, 3.05) is 5.73 Å². The number of pyridine rings is 1. The highest BCUT2D eigenvalue weighted by atomic mass is 16.4. The predicted molar refractivity (Wildman–Crippen MR) is 86.3 cm³/mol. The van der Waals surface area contributed by atoms with E-state index >= 15 is 0 Å². The molecular weight excluding hydrogens is 294 g/mol. The SMILES string of the molecule is Cn1c(N)nc2cc(C(=O)O)cc(-c3cccn4nccc34)c21. The van der Waals surface area contributed by atoms with E-state index in [1.807, 2.05) is 31.4 Å². The van der Waals surface area contributed by atoms with Crippen LogP contribution >= 0.6 is 0 Å². The lowest BCUT2D eigenvalue weighted by molar-refractivity contribution is 0.0697. The number of aromatic carboxylic acids is 1. The van der Waals surface area contributed by atoms with Gasteiger partial charge in [-0.2, -0.15) is 5.10 Å². The summed E-state index contributed by atoms with van der Waals surface area (Å²) in [5.74, 6) is -0.665. The van der Waals surface area contributed by atoms with Crippen molar-refractivity contribution in [2.24, 2.45) is 7.05 Å². The molecule has 0 fully saturated rings. The van der Waals surface area contributed by atoms with Gasteiger partial charge in [-0.05, 0) is 24.3 Å². The van der Waals surface area contributed by atoms with Crippen molar-refractivity contribution in [3.63, 3.8) is 0 Å². The fourth-order valence-corrected chi connectivity index (χ4v) is 2.88. The minimum absolute atomic E-state index is 0.173. The van der Waals surface area contributed by atoms with E-state index in [2.05, 4.69) is 10.1 Å². The number of hydrogen-bond donors (Lipinski definition) is 2. The maximum absolute atomic E-state index is 11.5. The first kappa shape index (κ1) is 13.3. The third-order valence-electron chi connectivity index (χ3n) is 3.98. The summed E-state index contributed by atoms with van der Waals surface area (Å²) in [5, 5.41) is 13.6. The number of anilines is 1. The van der Waals surface area contributed by atoms with Gasteiger partial charge in [-0.3, -0.25) is 0 Å². The second-order valence-corrected chi connectivity index (χ2v) is 5.31. The van der Waals surface area contributed by atoms with Crippen LogP contribution in [0.15, 0.2) is 42.7 Å². The number of fused-ring (bicyclic) bond motifs is 2. The van der Waals surface area contributed by atoms with Crippen LogP contribution in [-0.2, 0) is 7.05 Å². The Bertz CT molecular complexity index is 1080. The Kier molecular flexibility index (Phi) is 2.65. The van der Waals surface area contributed by atoms with E-state index < -0.39 is 5.97 Å². The number of aromatic nitrogens is 4. The van der Waals surface area contributed by atoms with Gasteiger partial charge in [-0.1, -0.05) is 6.07 Å². The molecule has 4 rings (SSSR count). The molecule has 7 heteroatoms. The topological polar surface area (TPSA) is 98.4 Å². The van der Waals surface area contributed by atoms with Crippen LogP contribution in [0.4, 0.5) is 5.95 Å². The fraction of sp³-hybridized carbons (Fsp3) is 0.0625. The third-order valence-corrected chi connectivity index (χ3v) is 3.98. The molecule has 0 aliphatic rings. The summed E-state index contributed by atoms with van der Waals surface area (Å²) in [6, 6.07) is 8.87. The van der Waals surface area contributed by atoms with Gasteiger partial charge in [0.25, 0.3) is 0 Å². The van der Waals surface area contributed by atoms with Gasteiger partial charge in [-0.25, -0.2) is 14.3 Å². The van der Waals surface area contributed by atoms with Crippen molar-refractivity contribution < 1.29 is 9.90 Å². The van der Waals surface area contributed by atoms with E-state index in [1.165, 1.54) is 6.07 Å². The Morgan fingerprint density at radius 3 is 2.87 bits per heavy atom. The monoisotopic (exact) mass is 307 g/mol. The first-order valence-corrected chi connectivity index (χ1v) is 6.98. The maximum atomic E-state index is 11.5. The quantitative estimate of drug-likeness (QED) is 0.591. The molecule has 4 aromatic rings. The molecule has 0 saturated carbocycles. The third kappa shape index (κ3) is 1.87. The summed E-state index contributed by atoms with van der Waals surface area (Å²) in [6.07, 6.45) is 3.55. The lowest BCUT2D eigenvalue weighted by Crippen LogP contribution is -2.00. The minimum Gasteiger partial charge on any atom is -0.478 e. The van der Waals surface area contributed by atoms with Gasteiger partial charge in [0.1, 0.15) is 0 Å². The van der Waals surface area contributed by atoms with Gasteiger partial charge in [0.15, 0.2) is 0 Å². The molecule has 23 heavy (non-hydrogen) atoms. The maximum Gasteiger partial charge on any atom is 0.335 e. The molecule has 0 radical (unpaired) electrons. The number of hydrogen-bond acceptors (Lipinski definition) is 4. The van der Waals surface area contributed by atoms with Crippen molar-refractivity contribution in [2.45, 2.75) is 0 Å².